The van der Waals surface area contributed by atoms with Crippen molar-refractivity contribution < 1.29 is 9.18 Å². The molecule has 0 spiro atoms. The highest BCUT2D eigenvalue weighted by Gasteiger charge is 2.25. The predicted octanol–water partition coefficient (Wildman–Crippen LogP) is 3.32. The molecule has 5 heteroatoms. The smallest absolute Gasteiger partial charge is 0.255 e. The van der Waals surface area contributed by atoms with E-state index in [-0.39, 0.29) is 21.9 Å². The number of rotatable bonds is 1. The summed E-state index contributed by atoms with van der Waals surface area (Å²) in [4.78, 5) is 13.8. The number of likely N-dealkylation sites (tertiary alicyclic amines) is 1. The highest BCUT2D eigenvalue weighted by atomic mass is 35.5. The number of carbonyl (C=O) groups excluding carboxylic acids is 1. The van der Waals surface area contributed by atoms with Crippen molar-refractivity contribution in [1.29, 1.82) is 0 Å². The molecule has 0 radical (unpaired) electrons. The fourth-order valence-electron chi connectivity index (χ4n) is 1.95. The molecule has 1 saturated heterocycles. The summed E-state index contributed by atoms with van der Waals surface area (Å²) >= 11 is 11.8. The minimum absolute atomic E-state index is 0.0277. The van der Waals surface area contributed by atoms with Gasteiger partial charge in [-0.1, -0.05) is 17.7 Å². The summed E-state index contributed by atoms with van der Waals surface area (Å²) in [7, 11) is 0. The van der Waals surface area contributed by atoms with Gasteiger partial charge in [0.05, 0.1) is 16.0 Å². The predicted molar refractivity (Wildman–Crippen MR) is 66.2 cm³/mol. The highest BCUT2D eigenvalue weighted by Crippen LogP contribution is 2.23. The second-order valence-corrected chi connectivity index (χ2v) is 5.09. The van der Waals surface area contributed by atoms with Gasteiger partial charge in [0.2, 0.25) is 0 Å². The zero-order chi connectivity index (χ0) is 12.4. The van der Waals surface area contributed by atoms with Gasteiger partial charge in [-0.05, 0) is 25.0 Å². The van der Waals surface area contributed by atoms with Crippen molar-refractivity contribution in [2.75, 3.05) is 13.1 Å². The van der Waals surface area contributed by atoms with E-state index in [0.29, 0.717) is 13.1 Å². The zero-order valence-electron chi connectivity index (χ0n) is 9.13. The standard InChI is InChI=1S/C12H12Cl2FNO/c13-8-3-2-6-16(7-8)12(17)9-4-1-5-10(15)11(9)14/h1,4-5,8H,2-3,6-7H2. The summed E-state index contributed by atoms with van der Waals surface area (Å²) in [5.41, 5.74) is 0.206. The van der Waals surface area contributed by atoms with Crippen LogP contribution in [-0.2, 0) is 0 Å². The normalized spacial score (nSPS) is 20.4. The van der Waals surface area contributed by atoms with Crippen LogP contribution in [0.3, 0.4) is 0 Å². The Balaban J connectivity index is 2.22. The zero-order valence-corrected chi connectivity index (χ0v) is 10.6. The van der Waals surface area contributed by atoms with Crippen molar-refractivity contribution in [3.63, 3.8) is 0 Å². The van der Waals surface area contributed by atoms with Gasteiger partial charge < -0.3 is 4.90 Å². The van der Waals surface area contributed by atoms with Gasteiger partial charge in [-0.25, -0.2) is 4.39 Å². The second kappa shape index (κ2) is 5.23. The number of amides is 1. The maximum atomic E-state index is 13.3. The van der Waals surface area contributed by atoms with Crippen molar-refractivity contribution in [2.24, 2.45) is 0 Å². The molecule has 1 aromatic rings. The molecule has 0 aromatic heterocycles. The second-order valence-electron chi connectivity index (χ2n) is 4.09. The molecule has 1 amide bonds. The minimum atomic E-state index is -0.572. The molecule has 0 bridgehead atoms. The quantitative estimate of drug-likeness (QED) is 0.720. The number of alkyl halides is 1. The Labute approximate surface area is 109 Å². The molecule has 17 heavy (non-hydrogen) atoms. The van der Waals surface area contributed by atoms with Crippen LogP contribution in [0.25, 0.3) is 0 Å². The molecule has 2 rings (SSSR count). The van der Waals surface area contributed by atoms with Crippen molar-refractivity contribution in [1.82, 2.24) is 4.90 Å². The molecule has 0 aliphatic carbocycles. The first-order valence-corrected chi connectivity index (χ1v) is 6.28. The van der Waals surface area contributed by atoms with Crippen LogP contribution >= 0.6 is 23.2 Å². The number of halogens is 3. The average molecular weight is 276 g/mol. The number of nitrogens with zero attached hydrogens (tertiary/aromatic N) is 1. The Kier molecular flexibility index (Phi) is 3.89. The van der Waals surface area contributed by atoms with Crippen LogP contribution < -0.4 is 0 Å². The van der Waals surface area contributed by atoms with Crippen LogP contribution in [0.4, 0.5) is 4.39 Å². The number of hydrogen-bond acceptors (Lipinski definition) is 1. The maximum Gasteiger partial charge on any atom is 0.255 e. The lowest BCUT2D eigenvalue weighted by Gasteiger charge is -2.30. The fourth-order valence-corrected chi connectivity index (χ4v) is 2.48. The summed E-state index contributed by atoms with van der Waals surface area (Å²) in [6.07, 6.45) is 1.77. The monoisotopic (exact) mass is 275 g/mol. The van der Waals surface area contributed by atoms with Crippen LogP contribution in [-0.4, -0.2) is 29.3 Å². The molecule has 1 heterocycles. The summed E-state index contributed by atoms with van der Waals surface area (Å²) in [5.74, 6) is -0.822. The van der Waals surface area contributed by atoms with Gasteiger partial charge in [-0.15, -0.1) is 11.6 Å². The molecular weight excluding hydrogens is 264 g/mol. The third-order valence-electron chi connectivity index (χ3n) is 2.83. The topological polar surface area (TPSA) is 20.3 Å². The third-order valence-corrected chi connectivity index (χ3v) is 3.57. The number of piperidine rings is 1. The molecule has 1 aliphatic heterocycles. The number of carbonyl (C=O) groups is 1. The van der Waals surface area contributed by atoms with E-state index in [1.807, 2.05) is 0 Å². The van der Waals surface area contributed by atoms with E-state index in [4.69, 9.17) is 23.2 Å². The van der Waals surface area contributed by atoms with Gasteiger partial charge in [0.25, 0.3) is 5.91 Å². The summed E-state index contributed by atoms with van der Waals surface area (Å²) < 4.78 is 13.3. The first-order chi connectivity index (χ1) is 8.09. The van der Waals surface area contributed by atoms with E-state index < -0.39 is 5.82 Å². The lowest BCUT2D eigenvalue weighted by Crippen LogP contribution is -2.40. The van der Waals surface area contributed by atoms with Crippen molar-refractivity contribution in [2.45, 2.75) is 18.2 Å². The lowest BCUT2D eigenvalue weighted by atomic mass is 10.1. The summed E-state index contributed by atoms with van der Waals surface area (Å²) in [5, 5.41) is -0.144. The highest BCUT2D eigenvalue weighted by molar-refractivity contribution is 6.34. The lowest BCUT2D eigenvalue weighted by molar-refractivity contribution is 0.0726. The van der Waals surface area contributed by atoms with Crippen LogP contribution in [0.2, 0.25) is 5.02 Å². The Morgan fingerprint density at radius 3 is 2.94 bits per heavy atom. The summed E-state index contributed by atoms with van der Waals surface area (Å²) in [6.45, 7) is 1.14. The Morgan fingerprint density at radius 2 is 2.24 bits per heavy atom. The molecule has 1 atom stereocenters. The van der Waals surface area contributed by atoms with E-state index >= 15 is 0 Å². The molecule has 0 saturated carbocycles. The average Bonchev–Trinajstić information content (AvgIpc) is 2.32. The Bertz CT molecular complexity index is 439. The van der Waals surface area contributed by atoms with Crippen molar-refractivity contribution in [3.8, 4) is 0 Å². The minimum Gasteiger partial charge on any atom is -0.337 e. The fraction of sp³-hybridized carbons (Fsp3) is 0.417. The summed E-state index contributed by atoms with van der Waals surface area (Å²) in [6, 6.07) is 4.25. The first-order valence-electron chi connectivity index (χ1n) is 5.47. The van der Waals surface area contributed by atoms with E-state index in [1.54, 1.807) is 4.90 Å². The Morgan fingerprint density at radius 1 is 1.47 bits per heavy atom. The van der Waals surface area contributed by atoms with Gasteiger partial charge in [-0.2, -0.15) is 0 Å². The number of hydrogen-bond donors (Lipinski definition) is 0. The molecule has 92 valence electrons. The van der Waals surface area contributed by atoms with Crippen molar-refractivity contribution in [3.05, 3.63) is 34.6 Å². The molecule has 2 nitrogen and oxygen atoms in total. The largest absolute Gasteiger partial charge is 0.337 e. The van der Waals surface area contributed by atoms with Crippen LogP contribution in [0.15, 0.2) is 18.2 Å². The van der Waals surface area contributed by atoms with E-state index in [9.17, 15) is 9.18 Å². The molecule has 0 N–H and O–H groups in total. The van der Waals surface area contributed by atoms with Crippen LogP contribution in [0, 0.1) is 5.82 Å². The van der Waals surface area contributed by atoms with E-state index in [2.05, 4.69) is 0 Å². The molecule has 1 aliphatic rings. The van der Waals surface area contributed by atoms with Gasteiger partial charge >= 0.3 is 0 Å². The van der Waals surface area contributed by atoms with Gasteiger partial charge in [-0.3, -0.25) is 4.79 Å². The van der Waals surface area contributed by atoms with Crippen molar-refractivity contribution >= 4 is 29.1 Å². The first kappa shape index (κ1) is 12.7. The SMILES string of the molecule is O=C(c1cccc(F)c1Cl)N1CCCC(Cl)C1. The van der Waals surface area contributed by atoms with E-state index in [1.165, 1.54) is 18.2 Å². The third kappa shape index (κ3) is 2.72. The molecule has 1 aromatic carbocycles. The van der Waals surface area contributed by atoms with Crippen LogP contribution in [0.5, 0.6) is 0 Å². The number of benzene rings is 1. The molecular formula is C12H12Cl2FNO. The van der Waals surface area contributed by atoms with Gasteiger partial charge in [0, 0.05) is 13.1 Å². The molecule has 1 unspecified atom stereocenters. The van der Waals surface area contributed by atoms with E-state index in [0.717, 1.165) is 12.8 Å². The van der Waals surface area contributed by atoms with Gasteiger partial charge in [0.1, 0.15) is 5.82 Å². The van der Waals surface area contributed by atoms with Gasteiger partial charge in [0.15, 0.2) is 0 Å². The Hall–Kier alpha value is -0.800. The maximum absolute atomic E-state index is 13.3. The van der Waals surface area contributed by atoms with Crippen LogP contribution in [0.1, 0.15) is 23.2 Å². The molecule has 1 fully saturated rings.